The summed E-state index contributed by atoms with van der Waals surface area (Å²) in [6, 6.07) is 4.98. The van der Waals surface area contributed by atoms with Gasteiger partial charge in [0.05, 0.1) is 23.8 Å². The first-order valence-electron chi connectivity index (χ1n) is 6.46. The third kappa shape index (κ3) is 1.74. The van der Waals surface area contributed by atoms with E-state index in [4.69, 9.17) is 4.74 Å². The van der Waals surface area contributed by atoms with Gasteiger partial charge < -0.3 is 4.74 Å². The number of methoxy groups -OCH3 is 1. The van der Waals surface area contributed by atoms with Gasteiger partial charge in [0, 0.05) is 0 Å². The normalized spacial score (nSPS) is 13.3. The molecule has 5 nitrogen and oxygen atoms in total. The van der Waals surface area contributed by atoms with Crippen molar-refractivity contribution in [2.45, 2.75) is 13.8 Å². The molecule has 0 unspecified atom stereocenters. The van der Waals surface area contributed by atoms with Crippen molar-refractivity contribution >= 4 is 28.6 Å². The number of carbonyl (C=O) groups is 3. The van der Waals surface area contributed by atoms with Gasteiger partial charge in [-0.1, -0.05) is 6.07 Å². The van der Waals surface area contributed by atoms with Gasteiger partial charge in [0.25, 0.3) is 11.8 Å². The van der Waals surface area contributed by atoms with E-state index < -0.39 is 11.9 Å². The fraction of sp³-hybridized carbons (Fsp3) is 0.188. The molecule has 2 amide bonds. The first-order chi connectivity index (χ1) is 9.95. The summed E-state index contributed by atoms with van der Waals surface area (Å²) in [5.74, 6) is -1.20. The Morgan fingerprint density at radius 3 is 2.33 bits per heavy atom. The molecular weight excluding hydrogens is 270 g/mol. The number of hydrogen-bond acceptors (Lipinski definition) is 4. The topological polar surface area (TPSA) is 72.5 Å². The second-order valence-electron chi connectivity index (χ2n) is 5.04. The summed E-state index contributed by atoms with van der Waals surface area (Å²) in [4.78, 5) is 35.6. The lowest BCUT2D eigenvalue weighted by Crippen LogP contribution is -2.20. The van der Waals surface area contributed by atoms with Gasteiger partial charge in [-0.15, -0.1) is 0 Å². The van der Waals surface area contributed by atoms with Gasteiger partial charge in [-0.05, 0) is 47.9 Å². The highest BCUT2D eigenvalue weighted by atomic mass is 16.5. The Morgan fingerprint density at radius 1 is 1.00 bits per heavy atom. The minimum absolute atomic E-state index is 0.366. The van der Waals surface area contributed by atoms with Crippen LogP contribution in [0.15, 0.2) is 18.2 Å². The molecule has 0 aromatic heterocycles. The highest BCUT2D eigenvalue weighted by Gasteiger charge is 2.32. The number of esters is 1. The van der Waals surface area contributed by atoms with Crippen molar-refractivity contribution in [3.8, 4) is 0 Å². The molecule has 2 aromatic rings. The molecule has 0 radical (unpaired) electrons. The highest BCUT2D eigenvalue weighted by Crippen LogP contribution is 2.33. The Bertz CT molecular complexity index is 836. The van der Waals surface area contributed by atoms with E-state index >= 15 is 0 Å². The second kappa shape index (κ2) is 4.41. The van der Waals surface area contributed by atoms with E-state index in [1.807, 2.05) is 6.92 Å². The molecular formula is C16H13NO4. The lowest BCUT2D eigenvalue weighted by molar-refractivity contribution is 0.0600. The van der Waals surface area contributed by atoms with E-state index in [9.17, 15) is 14.4 Å². The maximum absolute atomic E-state index is 12.0. The van der Waals surface area contributed by atoms with Crippen molar-refractivity contribution in [1.29, 1.82) is 0 Å². The Kier molecular flexibility index (Phi) is 2.79. The summed E-state index contributed by atoms with van der Waals surface area (Å²) >= 11 is 0. The Morgan fingerprint density at radius 2 is 1.67 bits per heavy atom. The third-order valence-electron chi connectivity index (χ3n) is 3.98. The van der Waals surface area contributed by atoms with Crippen LogP contribution in [0, 0.1) is 13.8 Å². The van der Waals surface area contributed by atoms with Crippen molar-refractivity contribution < 1.29 is 19.1 Å². The van der Waals surface area contributed by atoms with Crippen molar-refractivity contribution in [3.05, 3.63) is 46.0 Å². The third-order valence-corrected chi connectivity index (χ3v) is 3.98. The van der Waals surface area contributed by atoms with E-state index in [-0.39, 0.29) is 5.91 Å². The summed E-state index contributed by atoms with van der Waals surface area (Å²) in [5, 5.41) is 3.77. The van der Waals surface area contributed by atoms with Crippen LogP contribution in [-0.4, -0.2) is 24.9 Å². The largest absolute Gasteiger partial charge is 0.465 e. The number of imide groups is 1. The molecule has 5 heteroatoms. The molecule has 1 aliphatic rings. The number of hydrogen-bond donors (Lipinski definition) is 1. The molecule has 0 spiro atoms. The van der Waals surface area contributed by atoms with E-state index in [2.05, 4.69) is 5.32 Å². The van der Waals surface area contributed by atoms with Crippen LogP contribution in [0.25, 0.3) is 10.8 Å². The quantitative estimate of drug-likeness (QED) is 0.642. The number of benzene rings is 2. The maximum atomic E-state index is 12.0. The fourth-order valence-corrected chi connectivity index (χ4v) is 2.78. The minimum Gasteiger partial charge on any atom is -0.465 e. The molecule has 0 fully saturated rings. The lowest BCUT2D eigenvalue weighted by Gasteiger charge is -2.12. The van der Waals surface area contributed by atoms with Crippen molar-refractivity contribution in [1.82, 2.24) is 5.32 Å². The van der Waals surface area contributed by atoms with Crippen LogP contribution in [0.5, 0.6) is 0 Å². The monoisotopic (exact) mass is 283 g/mol. The first kappa shape index (κ1) is 13.3. The number of fused-ring (bicyclic) bond motifs is 3. The standard InChI is InChI=1S/C16H13NO4/c1-7-8(2)12-13(15(19)17-14(12)18)10-5-4-9(6-11(7)10)16(20)21-3/h4-6H,1-3H3,(H,17,18,19). The Hall–Kier alpha value is -2.69. The van der Waals surface area contributed by atoms with Gasteiger partial charge >= 0.3 is 5.97 Å². The molecule has 106 valence electrons. The van der Waals surface area contributed by atoms with Gasteiger partial charge in [-0.2, -0.15) is 0 Å². The SMILES string of the molecule is COC(=O)c1ccc2c3c(c(C)c(C)c2c1)C(=O)NC3=O. The molecule has 1 aliphatic heterocycles. The van der Waals surface area contributed by atoms with Crippen LogP contribution >= 0.6 is 0 Å². The molecule has 1 heterocycles. The van der Waals surface area contributed by atoms with Crippen LogP contribution in [0.3, 0.4) is 0 Å². The van der Waals surface area contributed by atoms with Crippen LogP contribution in [0.1, 0.15) is 42.2 Å². The Balaban J connectivity index is 2.42. The van der Waals surface area contributed by atoms with Crippen LogP contribution in [0.4, 0.5) is 0 Å². The predicted molar refractivity (Wildman–Crippen MR) is 76.6 cm³/mol. The van der Waals surface area contributed by atoms with Crippen molar-refractivity contribution in [2.75, 3.05) is 7.11 Å². The van der Waals surface area contributed by atoms with Crippen LogP contribution in [0.2, 0.25) is 0 Å². The molecule has 0 aliphatic carbocycles. The highest BCUT2D eigenvalue weighted by molar-refractivity contribution is 6.27. The number of ether oxygens (including phenoxy) is 1. The van der Waals surface area contributed by atoms with Gasteiger partial charge in [0.15, 0.2) is 0 Å². The average Bonchev–Trinajstić information content (AvgIpc) is 2.78. The zero-order chi connectivity index (χ0) is 15.3. The molecule has 0 atom stereocenters. The number of carbonyl (C=O) groups excluding carboxylic acids is 3. The summed E-state index contributed by atoms with van der Waals surface area (Å²) in [6.45, 7) is 3.67. The lowest BCUT2D eigenvalue weighted by atomic mass is 9.90. The van der Waals surface area contributed by atoms with E-state index in [1.54, 1.807) is 25.1 Å². The molecule has 21 heavy (non-hydrogen) atoms. The number of amides is 2. The van der Waals surface area contributed by atoms with E-state index in [1.165, 1.54) is 7.11 Å². The average molecular weight is 283 g/mol. The van der Waals surface area contributed by atoms with Gasteiger partial charge in [-0.3, -0.25) is 14.9 Å². The molecule has 0 saturated carbocycles. The maximum Gasteiger partial charge on any atom is 0.337 e. The van der Waals surface area contributed by atoms with Crippen LogP contribution < -0.4 is 5.32 Å². The molecule has 1 N–H and O–H groups in total. The summed E-state index contributed by atoms with van der Waals surface area (Å²) in [5.41, 5.74) is 2.85. The fourth-order valence-electron chi connectivity index (χ4n) is 2.78. The van der Waals surface area contributed by atoms with Crippen LogP contribution in [-0.2, 0) is 4.74 Å². The number of rotatable bonds is 1. The van der Waals surface area contributed by atoms with Crippen molar-refractivity contribution in [3.63, 3.8) is 0 Å². The predicted octanol–water partition coefficient (Wildman–Crippen LogP) is 2.13. The summed E-state index contributed by atoms with van der Waals surface area (Å²) in [6.07, 6.45) is 0. The van der Waals surface area contributed by atoms with Gasteiger partial charge in [0.2, 0.25) is 0 Å². The number of aryl methyl sites for hydroxylation is 1. The minimum atomic E-state index is -0.435. The second-order valence-corrected chi connectivity index (χ2v) is 5.04. The number of nitrogens with one attached hydrogen (secondary N) is 1. The zero-order valence-corrected chi connectivity index (χ0v) is 11.9. The smallest absolute Gasteiger partial charge is 0.337 e. The van der Waals surface area contributed by atoms with Gasteiger partial charge in [-0.25, -0.2) is 4.79 Å². The molecule has 0 bridgehead atoms. The van der Waals surface area contributed by atoms with E-state index in [0.29, 0.717) is 22.1 Å². The van der Waals surface area contributed by atoms with E-state index in [0.717, 1.165) is 16.5 Å². The molecule has 0 saturated heterocycles. The molecule has 2 aromatic carbocycles. The zero-order valence-electron chi connectivity index (χ0n) is 11.9. The summed E-state index contributed by atoms with van der Waals surface area (Å²) < 4.78 is 4.71. The molecule has 3 rings (SSSR count). The summed E-state index contributed by atoms with van der Waals surface area (Å²) in [7, 11) is 1.32. The Labute approximate surface area is 120 Å². The first-order valence-corrected chi connectivity index (χ1v) is 6.46. The van der Waals surface area contributed by atoms with Gasteiger partial charge in [0.1, 0.15) is 0 Å². The van der Waals surface area contributed by atoms with Crippen molar-refractivity contribution in [2.24, 2.45) is 0 Å².